The van der Waals surface area contributed by atoms with Crippen LogP contribution in [0, 0.1) is 0 Å². The van der Waals surface area contributed by atoms with E-state index in [0.29, 0.717) is 17.4 Å². The molecule has 0 radical (unpaired) electrons. The highest BCUT2D eigenvalue weighted by Gasteiger charge is 2.35. The maximum Gasteiger partial charge on any atom is 0.244 e. The SMILES string of the molecule is CCN(C(C)(C)CN)S(=O)(=O)c1cccc2ncccc12. The number of likely N-dealkylation sites (N-methyl/N-ethyl adjacent to an activating group) is 1. The Kier molecular flexibility index (Phi) is 4.32. The summed E-state index contributed by atoms with van der Waals surface area (Å²) >= 11 is 0. The molecular weight excluding hydrogens is 286 g/mol. The number of nitrogens with two attached hydrogens (primary N) is 1. The van der Waals surface area contributed by atoms with Crippen molar-refractivity contribution in [3.05, 3.63) is 36.5 Å². The van der Waals surface area contributed by atoms with Crippen LogP contribution in [-0.4, -0.2) is 36.3 Å². The molecule has 2 rings (SSSR count). The summed E-state index contributed by atoms with van der Waals surface area (Å²) in [6.07, 6.45) is 1.65. The lowest BCUT2D eigenvalue weighted by atomic mass is 10.1. The third kappa shape index (κ3) is 2.79. The quantitative estimate of drug-likeness (QED) is 0.916. The molecule has 2 N–H and O–H groups in total. The highest BCUT2D eigenvalue weighted by Crippen LogP contribution is 2.28. The fourth-order valence-corrected chi connectivity index (χ4v) is 4.45. The molecule has 0 unspecified atom stereocenters. The summed E-state index contributed by atoms with van der Waals surface area (Å²) in [6, 6.07) is 8.66. The van der Waals surface area contributed by atoms with Crippen molar-refractivity contribution in [1.29, 1.82) is 0 Å². The molecule has 114 valence electrons. The summed E-state index contributed by atoms with van der Waals surface area (Å²) in [6.45, 7) is 6.10. The summed E-state index contributed by atoms with van der Waals surface area (Å²) in [7, 11) is -3.63. The molecule has 2 aromatic rings. The number of nitrogens with zero attached hydrogens (tertiary/aromatic N) is 2. The first-order valence-corrected chi connectivity index (χ1v) is 8.35. The molecular formula is C15H21N3O2S. The molecule has 1 aromatic carbocycles. The standard InChI is InChI=1S/C15H21N3O2S/c1-4-18(15(2,3)11-16)21(19,20)14-9-5-8-13-12(14)7-6-10-17-13/h5-10H,4,11,16H2,1-3H3. The first kappa shape index (κ1) is 15.9. The van der Waals surface area contributed by atoms with Crippen molar-refractivity contribution in [2.75, 3.05) is 13.1 Å². The zero-order valence-electron chi connectivity index (χ0n) is 12.6. The summed E-state index contributed by atoms with van der Waals surface area (Å²) in [5.74, 6) is 0. The van der Waals surface area contributed by atoms with E-state index < -0.39 is 15.6 Å². The Balaban J connectivity index is 2.67. The van der Waals surface area contributed by atoms with Gasteiger partial charge in [0.2, 0.25) is 10.0 Å². The first-order valence-electron chi connectivity index (χ1n) is 6.91. The average molecular weight is 307 g/mol. The van der Waals surface area contributed by atoms with Crippen LogP contribution in [0.3, 0.4) is 0 Å². The van der Waals surface area contributed by atoms with Crippen molar-refractivity contribution in [1.82, 2.24) is 9.29 Å². The highest BCUT2D eigenvalue weighted by molar-refractivity contribution is 7.89. The Hall–Kier alpha value is -1.50. The van der Waals surface area contributed by atoms with Crippen LogP contribution in [0.2, 0.25) is 0 Å². The van der Waals surface area contributed by atoms with Crippen molar-refractivity contribution in [2.24, 2.45) is 5.73 Å². The molecule has 0 aliphatic carbocycles. The number of sulfonamides is 1. The Morgan fingerprint density at radius 3 is 2.57 bits per heavy atom. The van der Waals surface area contributed by atoms with Crippen molar-refractivity contribution in [3.63, 3.8) is 0 Å². The Morgan fingerprint density at radius 1 is 1.24 bits per heavy atom. The van der Waals surface area contributed by atoms with E-state index in [1.807, 2.05) is 20.8 Å². The van der Waals surface area contributed by atoms with E-state index in [-0.39, 0.29) is 11.4 Å². The molecule has 0 saturated heterocycles. The van der Waals surface area contributed by atoms with Crippen LogP contribution in [-0.2, 0) is 10.0 Å². The van der Waals surface area contributed by atoms with E-state index in [1.165, 1.54) is 4.31 Å². The van der Waals surface area contributed by atoms with Crippen LogP contribution in [0.25, 0.3) is 10.9 Å². The van der Waals surface area contributed by atoms with Crippen molar-refractivity contribution in [2.45, 2.75) is 31.2 Å². The van der Waals surface area contributed by atoms with E-state index in [1.54, 1.807) is 36.5 Å². The monoisotopic (exact) mass is 307 g/mol. The van der Waals surface area contributed by atoms with E-state index in [9.17, 15) is 8.42 Å². The smallest absolute Gasteiger partial charge is 0.244 e. The lowest BCUT2D eigenvalue weighted by molar-refractivity contribution is 0.244. The number of hydrogen-bond acceptors (Lipinski definition) is 4. The largest absolute Gasteiger partial charge is 0.329 e. The van der Waals surface area contributed by atoms with Gasteiger partial charge in [-0.05, 0) is 38.1 Å². The molecule has 21 heavy (non-hydrogen) atoms. The molecule has 0 aliphatic rings. The molecule has 5 nitrogen and oxygen atoms in total. The van der Waals surface area contributed by atoms with Crippen LogP contribution < -0.4 is 5.73 Å². The van der Waals surface area contributed by atoms with Crippen molar-refractivity contribution >= 4 is 20.9 Å². The van der Waals surface area contributed by atoms with Gasteiger partial charge >= 0.3 is 0 Å². The number of pyridine rings is 1. The summed E-state index contributed by atoms with van der Waals surface area (Å²) < 4.78 is 27.5. The normalized spacial score (nSPS) is 13.0. The molecule has 0 spiro atoms. The fourth-order valence-electron chi connectivity index (χ4n) is 2.44. The molecule has 0 fully saturated rings. The molecule has 0 bridgehead atoms. The van der Waals surface area contributed by atoms with Crippen LogP contribution in [0.15, 0.2) is 41.4 Å². The Morgan fingerprint density at radius 2 is 1.95 bits per heavy atom. The number of rotatable bonds is 5. The van der Waals surface area contributed by atoms with Gasteiger partial charge in [-0.1, -0.05) is 13.0 Å². The van der Waals surface area contributed by atoms with Gasteiger partial charge in [0.25, 0.3) is 0 Å². The predicted octanol–water partition coefficient (Wildman–Crippen LogP) is 1.98. The van der Waals surface area contributed by atoms with Crippen LogP contribution >= 0.6 is 0 Å². The van der Waals surface area contributed by atoms with Crippen molar-refractivity contribution < 1.29 is 8.42 Å². The van der Waals surface area contributed by atoms with Gasteiger partial charge in [-0.15, -0.1) is 0 Å². The van der Waals surface area contributed by atoms with Gasteiger partial charge in [0.1, 0.15) is 0 Å². The van der Waals surface area contributed by atoms with Gasteiger partial charge in [-0.3, -0.25) is 4.98 Å². The molecule has 1 heterocycles. The third-order valence-corrected chi connectivity index (χ3v) is 5.88. The maximum atomic E-state index is 13.0. The second kappa shape index (κ2) is 5.71. The fraction of sp³-hybridized carbons (Fsp3) is 0.400. The van der Waals surface area contributed by atoms with E-state index >= 15 is 0 Å². The zero-order chi connectivity index (χ0) is 15.7. The number of fused-ring (bicyclic) bond motifs is 1. The van der Waals surface area contributed by atoms with Crippen LogP contribution in [0.4, 0.5) is 0 Å². The second-order valence-electron chi connectivity index (χ2n) is 5.51. The first-order chi connectivity index (χ1) is 9.84. The number of hydrogen-bond donors (Lipinski definition) is 1. The van der Waals surface area contributed by atoms with Crippen LogP contribution in [0.5, 0.6) is 0 Å². The second-order valence-corrected chi connectivity index (χ2v) is 7.34. The molecule has 0 amide bonds. The van der Waals surface area contributed by atoms with Gasteiger partial charge in [-0.25, -0.2) is 8.42 Å². The minimum atomic E-state index is -3.63. The van der Waals surface area contributed by atoms with Gasteiger partial charge in [0.15, 0.2) is 0 Å². The number of benzene rings is 1. The van der Waals surface area contributed by atoms with Crippen molar-refractivity contribution in [3.8, 4) is 0 Å². The topological polar surface area (TPSA) is 76.3 Å². The third-order valence-electron chi connectivity index (χ3n) is 3.64. The van der Waals surface area contributed by atoms with Gasteiger partial charge in [0.05, 0.1) is 10.4 Å². The molecule has 0 aliphatic heterocycles. The lowest BCUT2D eigenvalue weighted by Crippen LogP contribution is -2.52. The molecule has 0 saturated carbocycles. The maximum absolute atomic E-state index is 13.0. The summed E-state index contributed by atoms with van der Waals surface area (Å²) in [5.41, 5.74) is 5.78. The molecule has 0 atom stereocenters. The average Bonchev–Trinajstić information content (AvgIpc) is 2.46. The number of aromatic nitrogens is 1. The Labute approximate surface area is 125 Å². The molecule has 1 aromatic heterocycles. The van der Waals surface area contributed by atoms with E-state index in [0.717, 1.165) is 0 Å². The van der Waals surface area contributed by atoms with E-state index in [4.69, 9.17) is 5.73 Å². The Bertz CT molecular complexity index is 736. The minimum Gasteiger partial charge on any atom is -0.329 e. The molecule has 6 heteroatoms. The highest BCUT2D eigenvalue weighted by atomic mass is 32.2. The van der Waals surface area contributed by atoms with E-state index in [2.05, 4.69) is 4.98 Å². The van der Waals surface area contributed by atoms with Gasteiger partial charge < -0.3 is 5.73 Å². The minimum absolute atomic E-state index is 0.253. The summed E-state index contributed by atoms with van der Waals surface area (Å²) in [4.78, 5) is 4.49. The van der Waals surface area contributed by atoms with Gasteiger partial charge in [0, 0.05) is 30.2 Å². The van der Waals surface area contributed by atoms with Gasteiger partial charge in [-0.2, -0.15) is 4.31 Å². The zero-order valence-corrected chi connectivity index (χ0v) is 13.4. The summed E-state index contributed by atoms with van der Waals surface area (Å²) in [5, 5.41) is 0.631. The van der Waals surface area contributed by atoms with Crippen LogP contribution in [0.1, 0.15) is 20.8 Å². The predicted molar refractivity (Wildman–Crippen MR) is 84.4 cm³/mol. The lowest BCUT2D eigenvalue weighted by Gasteiger charge is -2.36.